The van der Waals surface area contributed by atoms with Gasteiger partial charge in [-0.2, -0.15) is 0 Å². The van der Waals surface area contributed by atoms with Crippen LogP contribution in [0.4, 0.5) is 0 Å². The summed E-state index contributed by atoms with van der Waals surface area (Å²) < 4.78 is 7.25. The summed E-state index contributed by atoms with van der Waals surface area (Å²) in [5, 5.41) is 11.5. The second kappa shape index (κ2) is 6.06. The number of aryl methyl sites for hydroxylation is 1. The minimum absolute atomic E-state index is 0.0656. The number of carbonyl (C=O) groups is 1. The Bertz CT molecular complexity index is 813. The quantitative estimate of drug-likeness (QED) is 0.913. The molecule has 1 aromatic heterocycles. The minimum atomic E-state index is -0.264. The maximum Gasteiger partial charge on any atom is 0.270 e. The van der Waals surface area contributed by atoms with Crippen LogP contribution in [0.3, 0.4) is 0 Å². The van der Waals surface area contributed by atoms with E-state index in [1.165, 1.54) is 0 Å². The van der Waals surface area contributed by atoms with Gasteiger partial charge in [0.2, 0.25) is 0 Å². The Morgan fingerprint density at radius 3 is 2.80 bits per heavy atom. The van der Waals surface area contributed by atoms with Crippen molar-refractivity contribution in [3.05, 3.63) is 30.0 Å². The molecule has 0 bridgehead atoms. The Morgan fingerprint density at radius 2 is 2.08 bits per heavy atom. The number of methoxy groups -OCH3 is 1. The van der Waals surface area contributed by atoms with Crippen molar-refractivity contribution in [2.24, 2.45) is 12.5 Å². The van der Waals surface area contributed by atoms with E-state index < -0.39 is 0 Å². The van der Waals surface area contributed by atoms with Crippen LogP contribution < -0.4 is 4.74 Å². The molecule has 5 nitrogen and oxygen atoms in total. The summed E-state index contributed by atoms with van der Waals surface area (Å²) in [4.78, 5) is 15.1. The fourth-order valence-corrected chi connectivity index (χ4v) is 4.75. The van der Waals surface area contributed by atoms with Crippen LogP contribution in [-0.2, 0) is 7.05 Å². The highest BCUT2D eigenvalue weighted by Gasteiger charge is 2.45. The third kappa shape index (κ3) is 2.61. The van der Waals surface area contributed by atoms with Gasteiger partial charge in [-0.1, -0.05) is 6.42 Å². The number of rotatable bonds is 2. The number of ether oxygens (including phenoxy) is 1. The molecule has 0 unspecified atom stereocenters. The van der Waals surface area contributed by atoms with Gasteiger partial charge < -0.3 is 19.3 Å². The SMILES string of the molecule is COc1ccc2c(c1)cc(C(=O)N1CCC[C@]3(CCC[C@H]3O)C1)n2C. The van der Waals surface area contributed by atoms with Crippen molar-refractivity contribution in [2.45, 2.75) is 38.2 Å². The predicted molar refractivity (Wildman–Crippen MR) is 96.9 cm³/mol. The molecule has 1 N–H and O–H groups in total. The van der Waals surface area contributed by atoms with E-state index in [-0.39, 0.29) is 17.4 Å². The Hall–Kier alpha value is -2.01. The maximum atomic E-state index is 13.2. The fraction of sp³-hybridized carbons (Fsp3) is 0.550. The van der Waals surface area contributed by atoms with Crippen LogP contribution in [0.15, 0.2) is 24.3 Å². The molecule has 1 spiro atoms. The molecule has 1 saturated heterocycles. The van der Waals surface area contributed by atoms with Crippen LogP contribution >= 0.6 is 0 Å². The van der Waals surface area contributed by atoms with E-state index in [0.29, 0.717) is 12.2 Å². The number of amides is 1. The third-order valence-corrected chi connectivity index (χ3v) is 6.22. The van der Waals surface area contributed by atoms with Crippen molar-refractivity contribution in [3.8, 4) is 5.75 Å². The van der Waals surface area contributed by atoms with Crippen molar-refractivity contribution in [1.82, 2.24) is 9.47 Å². The molecule has 2 atom stereocenters. The van der Waals surface area contributed by atoms with E-state index in [1.807, 2.05) is 40.8 Å². The molecule has 1 amide bonds. The standard InChI is InChI=1S/C20H26N2O3/c1-21-16-7-6-15(25-2)11-14(16)12-17(21)19(24)22-10-4-9-20(13-22)8-3-5-18(20)23/h6-7,11-12,18,23H,3-5,8-10,13H2,1-2H3/t18-,20-/m1/s1. The zero-order valence-electron chi connectivity index (χ0n) is 15.0. The summed E-state index contributed by atoms with van der Waals surface area (Å²) in [6, 6.07) is 7.82. The molecule has 4 rings (SSSR count). The van der Waals surface area contributed by atoms with Gasteiger partial charge in [0.15, 0.2) is 0 Å². The average Bonchev–Trinajstić information content (AvgIpc) is 3.14. The first kappa shape index (κ1) is 16.5. The molecular weight excluding hydrogens is 316 g/mol. The largest absolute Gasteiger partial charge is 0.497 e. The van der Waals surface area contributed by atoms with Crippen LogP contribution in [0.2, 0.25) is 0 Å². The number of benzene rings is 1. The first-order valence-electron chi connectivity index (χ1n) is 9.15. The zero-order chi connectivity index (χ0) is 17.6. The molecule has 134 valence electrons. The number of aliphatic hydroxyl groups excluding tert-OH is 1. The van der Waals surface area contributed by atoms with Crippen molar-refractivity contribution in [3.63, 3.8) is 0 Å². The van der Waals surface area contributed by atoms with Crippen molar-refractivity contribution >= 4 is 16.8 Å². The van der Waals surface area contributed by atoms with Crippen LogP contribution in [0.1, 0.15) is 42.6 Å². The smallest absolute Gasteiger partial charge is 0.270 e. The normalized spacial score (nSPS) is 26.5. The molecule has 0 radical (unpaired) electrons. The number of aromatic nitrogens is 1. The second-order valence-corrected chi connectivity index (χ2v) is 7.61. The summed E-state index contributed by atoms with van der Waals surface area (Å²) in [6.45, 7) is 1.45. The zero-order valence-corrected chi connectivity index (χ0v) is 15.0. The van der Waals surface area contributed by atoms with Gasteiger partial charge in [-0.25, -0.2) is 0 Å². The molecule has 2 heterocycles. The van der Waals surface area contributed by atoms with E-state index in [2.05, 4.69) is 0 Å². The highest BCUT2D eigenvalue weighted by Crippen LogP contribution is 2.45. The number of hydrogen-bond donors (Lipinski definition) is 1. The topological polar surface area (TPSA) is 54.7 Å². The number of nitrogens with zero attached hydrogens (tertiary/aromatic N) is 2. The lowest BCUT2D eigenvalue weighted by atomic mass is 9.76. The van der Waals surface area contributed by atoms with E-state index in [1.54, 1.807) is 7.11 Å². The molecule has 2 fully saturated rings. The van der Waals surface area contributed by atoms with Gasteiger partial charge in [-0.3, -0.25) is 4.79 Å². The highest BCUT2D eigenvalue weighted by atomic mass is 16.5. The van der Waals surface area contributed by atoms with Crippen LogP contribution in [0.25, 0.3) is 10.9 Å². The Morgan fingerprint density at radius 1 is 1.28 bits per heavy atom. The Labute approximate surface area is 148 Å². The van der Waals surface area contributed by atoms with Gasteiger partial charge in [0.05, 0.1) is 13.2 Å². The second-order valence-electron chi connectivity index (χ2n) is 7.61. The highest BCUT2D eigenvalue weighted by molar-refractivity contribution is 5.99. The summed E-state index contributed by atoms with van der Waals surface area (Å²) in [5.41, 5.74) is 1.64. The van der Waals surface area contributed by atoms with Crippen molar-refractivity contribution in [1.29, 1.82) is 0 Å². The minimum Gasteiger partial charge on any atom is -0.497 e. The van der Waals surface area contributed by atoms with E-state index in [9.17, 15) is 9.90 Å². The summed E-state index contributed by atoms with van der Waals surface area (Å²) in [5.74, 6) is 0.860. The van der Waals surface area contributed by atoms with Crippen molar-refractivity contribution in [2.75, 3.05) is 20.2 Å². The summed E-state index contributed by atoms with van der Waals surface area (Å²) >= 11 is 0. The van der Waals surface area contributed by atoms with E-state index >= 15 is 0 Å². The summed E-state index contributed by atoms with van der Waals surface area (Å²) in [6.07, 6.45) is 4.71. The number of hydrogen-bond acceptors (Lipinski definition) is 3. The number of aliphatic hydroxyl groups is 1. The van der Waals surface area contributed by atoms with Crippen molar-refractivity contribution < 1.29 is 14.6 Å². The monoisotopic (exact) mass is 342 g/mol. The van der Waals surface area contributed by atoms with Crippen LogP contribution in [0, 0.1) is 5.41 Å². The number of likely N-dealkylation sites (tertiary alicyclic amines) is 1. The van der Waals surface area contributed by atoms with Crippen LogP contribution in [0.5, 0.6) is 5.75 Å². The van der Waals surface area contributed by atoms with Crippen LogP contribution in [-0.4, -0.2) is 46.8 Å². The summed E-state index contributed by atoms with van der Waals surface area (Å²) in [7, 11) is 3.59. The number of piperidine rings is 1. The first-order chi connectivity index (χ1) is 12.0. The molecule has 2 aliphatic rings. The van der Waals surface area contributed by atoms with E-state index in [0.717, 1.165) is 55.3 Å². The van der Waals surface area contributed by atoms with Gasteiger partial charge in [-0.15, -0.1) is 0 Å². The molecule has 1 aliphatic heterocycles. The Kier molecular flexibility index (Phi) is 3.99. The molecular formula is C20H26N2O3. The Balaban J connectivity index is 1.64. The molecule has 1 saturated carbocycles. The molecule has 25 heavy (non-hydrogen) atoms. The number of fused-ring (bicyclic) bond motifs is 1. The average molecular weight is 342 g/mol. The lowest BCUT2D eigenvalue weighted by Gasteiger charge is -2.42. The van der Waals surface area contributed by atoms with Gasteiger partial charge in [-0.05, 0) is 49.9 Å². The van der Waals surface area contributed by atoms with Gasteiger partial charge in [0.1, 0.15) is 11.4 Å². The predicted octanol–water partition coefficient (Wildman–Crippen LogP) is 2.95. The molecule has 2 aromatic rings. The lowest BCUT2D eigenvalue weighted by Crippen LogP contribution is -2.49. The molecule has 1 aromatic carbocycles. The fourth-order valence-electron chi connectivity index (χ4n) is 4.75. The van der Waals surface area contributed by atoms with Gasteiger partial charge in [0.25, 0.3) is 5.91 Å². The molecule has 1 aliphatic carbocycles. The third-order valence-electron chi connectivity index (χ3n) is 6.22. The van der Waals surface area contributed by atoms with Gasteiger partial charge >= 0.3 is 0 Å². The van der Waals surface area contributed by atoms with Gasteiger partial charge in [0, 0.05) is 36.5 Å². The maximum absolute atomic E-state index is 13.2. The van der Waals surface area contributed by atoms with E-state index in [4.69, 9.17) is 4.74 Å². The first-order valence-corrected chi connectivity index (χ1v) is 9.15. The lowest BCUT2D eigenvalue weighted by molar-refractivity contribution is -0.00565. The number of carbonyl (C=O) groups excluding carboxylic acids is 1. The molecule has 5 heteroatoms.